The molecule has 0 aliphatic heterocycles. The second-order valence-corrected chi connectivity index (χ2v) is 7.08. The Kier molecular flexibility index (Phi) is 10.4. The van der Waals surface area contributed by atoms with Gasteiger partial charge in [-0.05, 0) is 56.4 Å². The van der Waals surface area contributed by atoms with Crippen molar-refractivity contribution in [2.75, 3.05) is 26.3 Å². The number of hydrogen-bond acceptors (Lipinski definition) is 2. The fraction of sp³-hybridized carbons (Fsp3) is 1.00. The Morgan fingerprint density at radius 1 is 1.00 bits per heavy atom. The molecule has 1 aliphatic rings. The molecule has 1 fully saturated rings. The molecule has 0 aromatic heterocycles. The minimum Gasteiger partial charge on any atom is -0.381 e. The molecular weight excluding hydrogens is 258 g/mol. The van der Waals surface area contributed by atoms with Gasteiger partial charge in [0.05, 0.1) is 0 Å². The maximum atomic E-state index is 5.85. The van der Waals surface area contributed by atoms with Crippen LogP contribution >= 0.6 is 0 Å². The Bertz CT molecular complexity index is 228. The Morgan fingerprint density at radius 3 is 2.33 bits per heavy atom. The van der Waals surface area contributed by atoms with E-state index in [1.807, 2.05) is 0 Å². The van der Waals surface area contributed by atoms with Gasteiger partial charge in [-0.15, -0.1) is 0 Å². The molecule has 2 nitrogen and oxygen atoms in total. The highest BCUT2D eigenvalue weighted by Gasteiger charge is 2.34. The molecule has 1 saturated carbocycles. The molecule has 0 atom stereocenters. The first-order valence-corrected chi connectivity index (χ1v) is 9.54. The first-order valence-electron chi connectivity index (χ1n) is 9.54. The smallest absolute Gasteiger partial charge is 0.0471 e. The summed E-state index contributed by atoms with van der Waals surface area (Å²) >= 11 is 0. The molecular formula is C19H39NO. The monoisotopic (exact) mass is 297 g/mol. The summed E-state index contributed by atoms with van der Waals surface area (Å²) in [6.45, 7) is 11.0. The van der Waals surface area contributed by atoms with Gasteiger partial charge in [-0.25, -0.2) is 0 Å². The summed E-state index contributed by atoms with van der Waals surface area (Å²) in [6, 6.07) is 0. The fourth-order valence-corrected chi connectivity index (χ4v) is 3.61. The second-order valence-electron chi connectivity index (χ2n) is 7.08. The molecule has 0 aromatic carbocycles. The van der Waals surface area contributed by atoms with Gasteiger partial charge in [0, 0.05) is 19.8 Å². The molecule has 0 radical (unpaired) electrons. The standard InChI is InChI=1S/C19H39NO/c1-4-7-9-18-10-12-19(13-11-18,17-20-6-3)14-16-21-15-8-5-2/h18,20H,4-17H2,1-3H3. The molecule has 0 bridgehead atoms. The molecule has 2 heteroatoms. The average Bonchev–Trinajstić information content (AvgIpc) is 2.52. The Hall–Kier alpha value is -0.0800. The third kappa shape index (κ3) is 7.65. The van der Waals surface area contributed by atoms with Crippen LogP contribution in [-0.4, -0.2) is 26.3 Å². The molecule has 21 heavy (non-hydrogen) atoms. The van der Waals surface area contributed by atoms with E-state index in [2.05, 4.69) is 26.1 Å². The summed E-state index contributed by atoms with van der Waals surface area (Å²) in [4.78, 5) is 0. The van der Waals surface area contributed by atoms with Crippen LogP contribution in [0.3, 0.4) is 0 Å². The van der Waals surface area contributed by atoms with E-state index in [-0.39, 0.29) is 0 Å². The number of ether oxygens (including phenoxy) is 1. The average molecular weight is 298 g/mol. The summed E-state index contributed by atoms with van der Waals surface area (Å²) < 4.78 is 5.85. The highest BCUT2D eigenvalue weighted by molar-refractivity contribution is 4.87. The molecule has 1 aliphatic carbocycles. The van der Waals surface area contributed by atoms with Crippen molar-refractivity contribution in [3.05, 3.63) is 0 Å². The molecule has 0 spiro atoms. The van der Waals surface area contributed by atoms with Gasteiger partial charge in [-0.1, -0.05) is 46.5 Å². The topological polar surface area (TPSA) is 21.3 Å². The lowest BCUT2D eigenvalue weighted by Crippen LogP contribution is -2.38. The van der Waals surface area contributed by atoms with E-state index in [0.29, 0.717) is 5.41 Å². The fourth-order valence-electron chi connectivity index (χ4n) is 3.61. The Balaban J connectivity index is 2.33. The van der Waals surface area contributed by atoms with Crippen LogP contribution < -0.4 is 5.32 Å². The van der Waals surface area contributed by atoms with E-state index in [0.717, 1.165) is 25.7 Å². The van der Waals surface area contributed by atoms with Crippen molar-refractivity contribution in [3.63, 3.8) is 0 Å². The van der Waals surface area contributed by atoms with Gasteiger partial charge in [0.1, 0.15) is 0 Å². The quantitative estimate of drug-likeness (QED) is 0.502. The Morgan fingerprint density at radius 2 is 1.71 bits per heavy atom. The molecule has 0 saturated heterocycles. The minimum absolute atomic E-state index is 0.519. The first kappa shape index (κ1) is 19.0. The van der Waals surface area contributed by atoms with E-state index >= 15 is 0 Å². The third-order valence-electron chi connectivity index (χ3n) is 5.30. The van der Waals surface area contributed by atoms with Crippen LogP contribution in [-0.2, 0) is 4.74 Å². The van der Waals surface area contributed by atoms with Crippen LogP contribution in [0.15, 0.2) is 0 Å². The van der Waals surface area contributed by atoms with Gasteiger partial charge in [0.2, 0.25) is 0 Å². The van der Waals surface area contributed by atoms with Crippen molar-refractivity contribution in [1.82, 2.24) is 5.32 Å². The minimum atomic E-state index is 0.519. The SMILES string of the molecule is CCCCOCCC1(CNCC)CCC(CCCC)CC1. The van der Waals surface area contributed by atoms with Gasteiger partial charge in [-0.3, -0.25) is 0 Å². The molecule has 0 amide bonds. The third-order valence-corrected chi connectivity index (χ3v) is 5.30. The largest absolute Gasteiger partial charge is 0.381 e. The molecule has 1 N–H and O–H groups in total. The highest BCUT2D eigenvalue weighted by Crippen LogP contribution is 2.42. The van der Waals surface area contributed by atoms with Crippen LogP contribution in [0.2, 0.25) is 0 Å². The molecule has 126 valence electrons. The van der Waals surface area contributed by atoms with Crippen LogP contribution in [0.25, 0.3) is 0 Å². The summed E-state index contributed by atoms with van der Waals surface area (Å²) in [5, 5.41) is 3.61. The zero-order valence-corrected chi connectivity index (χ0v) is 14.9. The van der Waals surface area contributed by atoms with E-state index in [4.69, 9.17) is 4.74 Å². The number of nitrogens with one attached hydrogen (secondary N) is 1. The van der Waals surface area contributed by atoms with Crippen LogP contribution in [0, 0.1) is 11.3 Å². The van der Waals surface area contributed by atoms with E-state index in [1.54, 1.807) is 0 Å². The van der Waals surface area contributed by atoms with Gasteiger partial charge >= 0.3 is 0 Å². The summed E-state index contributed by atoms with van der Waals surface area (Å²) in [5.41, 5.74) is 0.519. The number of unbranched alkanes of at least 4 members (excludes halogenated alkanes) is 2. The zero-order valence-electron chi connectivity index (χ0n) is 14.9. The lowest BCUT2D eigenvalue weighted by Gasteiger charge is -2.41. The predicted molar refractivity (Wildman–Crippen MR) is 92.8 cm³/mol. The van der Waals surface area contributed by atoms with Gasteiger partial charge in [0.15, 0.2) is 0 Å². The van der Waals surface area contributed by atoms with Crippen molar-refractivity contribution in [3.8, 4) is 0 Å². The van der Waals surface area contributed by atoms with Crippen LogP contribution in [0.4, 0.5) is 0 Å². The maximum absolute atomic E-state index is 5.85. The zero-order chi connectivity index (χ0) is 15.4. The van der Waals surface area contributed by atoms with E-state index < -0.39 is 0 Å². The molecule has 1 rings (SSSR count). The second kappa shape index (κ2) is 11.5. The van der Waals surface area contributed by atoms with Crippen molar-refractivity contribution in [1.29, 1.82) is 0 Å². The molecule has 0 unspecified atom stereocenters. The molecule has 0 aromatic rings. The van der Waals surface area contributed by atoms with Gasteiger partial charge < -0.3 is 10.1 Å². The van der Waals surface area contributed by atoms with Gasteiger partial charge in [0.25, 0.3) is 0 Å². The van der Waals surface area contributed by atoms with E-state index in [9.17, 15) is 0 Å². The summed E-state index contributed by atoms with van der Waals surface area (Å²) in [7, 11) is 0. The van der Waals surface area contributed by atoms with Crippen LogP contribution in [0.5, 0.6) is 0 Å². The number of hydrogen-bond donors (Lipinski definition) is 1. The summed E-state index contributed by atoms with van der Waals surface area (Å²) in [6.07, 6.45) is 13.6. The normalized spacial score (nSPS) is 26.1. The summed E-state index contributed by atoms with van der Waals surface area (Å²) in [5.74, 6) is 1.00. The van der Waals surface area contributed by atoms with Crippen molar-refractivity contribution in [2.24, 2.45) is 11.3 Å². The van der Waals surface area contributed by atoms with Crippen LogP contribution in [0.1, 0.15) is 85.0 Å². The van der Waals surface area contributed by atoms with E-state index in [1.165, 1.54) is 70.8 Å². The predicted octanol–water partition coefficient (Wildman–Crippen LogP) is 5.17. The first-order chi connectivity index (χ1) is 10.3. The highest BCUT2D eigenvalue weighted by atomic mass is 16.5. The number of rotatable bonds is 12. The van der Waals surface area contributed by atoms with Crippen molar-refractivity contribution < 1.29 is 4.74 Å². The lowest BCUT2D eigenvalue weighted by molar-refractivity contribution is 0.0602. The lowest BCUT2D eigenvalue weighted by atomic mass is 9.67. The Labute approximate surface area is 133 Å². The maximum Gasteiger partial charge on any atom is 0.0471 e. The van der Waals surface area contributed by atoms with Gasteiger partial charge in [-0.2, -0.15) is 0 Å². The molecule has 0 heterocycles. The van der Waals surface area contributed by atoms with Crippen molar-refractivity contribution >= 4 is 0 Å². The van der Waals surface area contributed by atoms with Crippen molar-refractivity contribution in [2.45, 2.75) is 85.0 Å².